The summed E-state index contributed by atoms with van der Waals surface area (Å²) in [5, 5.41) is 0. The molecule has 18 heavy (non-hydrogen) atoms. The van der Waals surface area contributed by atoms with Gasteiger partial charge in [-0.25, -0.2) is 0 Å². The number of nitrogens with two attached hydrogens (primary N) is 1. The number of rotatable bonds is 4. The Morgan fingerprint density at radius 2 is 2.06 bits per heavy atom. The summed E-state index contributed by atoms with van der Waals surface area (Å²) in [6.07, 6.45) is 3.78. The monoisotopic (exact) mass is 246 g/mol. The molecule has 0 aromatic heterocycles. The van der Waals surface area contributed by atoms with E-state index in [1.54, 1.807) is 0 Å². The number of hydrogen-bond donors (Lipinski definition) is 1. The molecule has 0 spiro atoms. The van der Waals surface area contributed by atoms with Crippen molar-refractivity contribution in [2.24, 2.45) is 11.7 Å². The average Bonchev–Trinajstić information content (AvgIpc) is 2.40. The van der Waals surface area contributed by atoms with Crippen LogP contribution in [0.1, 0.15) is 43.9 Å². The van der Waals surface area contributed by atoms with Crippen LogP contribution in [-0.4, -0.2) is 24.5 Å². The van der Waals surface area contributed by atoms with E-state index in [-0.39, 0.29) is 0 Å². The van der Waals surface area contributed by atoms with Gasteiger partial charge in [0.2, 0.25) is 0 Å². The predicted octanol–water partition coefficient (Wildman–Crippen LogP) is 2.98. The first kappa shape index (κ1) is 13.6. The van der Waals surface area contributed by atoms with E-state index in [0.29, 0.717) is 6.04 Å². The fourth-order valence-electron chi connectivity index (χ4n) is 2.98. The molecule has 1 aliphatic heterocycles. The van der Waals surface area contributed by atoms with Gasteiger partial charge >= 0.3 is 0 Å². The van der Waals surface area contributed by atoms with Crippen LogP contribution in [0.25, 0.3) is 0 Å². The zero-order chi connectivity index (χ0) is 13.0. The van der Waals surface area contributed by atoms with Crippen molar-refractivity contribution in [3.05, 3.63) is 35.4 Å². The third-order valence-corrected chi connectivity index (χ3v) is 4.13. The van der Waals surface area contributed by atoms with Crippen LogP contribution in [0.5, 0.6) is 0 Å². The van der Waals surface area contributed by atoms with E-state index in [0.717, 1.165) is 18.9 Å². The molecular formula is C16H26N2. The number of likely N-dealkylation sites (tertiary alicyclic amines) is 1. The van der Waals surface area contributed by atoms with Gasteiger partial charge in [0.15, 0.2) is 0 Å². The van der Waals surface area contributed by atoms with Crippen LogP contribution in [0.4, 0.5) is 0 Å². The van der Waals surface area contributed by atoms with Gasteiger partial charge in [-0.15, -0.1) is 0 Å². The quantitative estimate of drug-likeness (QED) is 0.885. The molecule has 2 atom stereocenters. The van der Waals surface area contributed by atoms with Crippen molar-refractivity contribution in [1.29, 1.82) is 0 Å². The zero-order valence-electron chi connectivity index (χ0n) is 11.7. The van der Waals surface area contributed by atoms with E-state index < -0.39 is 0 Å². The Hall–Kier alpha value is -0.860. The van der Waals surface area contributed by atoms with Gasteiger partial charge in [-0.2, -0.15) is 0 Å². The van der Waals surface area contributed by atoms with Crippen LogP contribution in [0.15, 0.2) is 24.3 Å². The van der Waals surface area contributed by atoms with E-state index >= 15 is 0 Å². The maximum absolute atomic E-state index is 6.01. The fourth-order valence-corrected chi connectivity index (χ4v) is 2.98. The van der Waals surface area contributed by atoms with E-state index in [9.17, 15) is 0 Å². The first-order valence-corrected chi connectivity index (χ1v) is 7.27. The molecule has 2 nitrogen and oxygen atoms in total. The largest absolute Gasteiger partial charge is 0.329 e. The molecule has 100 valence electrons. The van der Waals surface area contributed by atoms with Crippen LogP contribution < -0.4 is 5.73 Å². The van der Waals surface area contributed by atoms with Crippen molar-refractivity contribution in [1.82, 2.24) is 4.90 Å². The third-order valence-electron chi connectivity index (χ3n) is 4.13. The molecule has 1 aromatic carbocycles. The van der Waals surface area contributed by atoms with E-state index in [4.69, 9.17) is 5.73 Å². The van der Waals surface area contributed by atoms with Crippen molar-refractivity contribution in [3.8, 4) is 0 Å². The summed E-state index contributed by atoms with van der Waals surface area (Å²) in [7, 11) is 0. The van der Waals surface area contributed by atoms with Gasteiger partial charge in [-0.3, -0.25) is 4.90 Å². The standard InChI is InChI=1S/C16H26N2/c1-3-14-6-8-15(9-7-14)16(11-17)18-10-4-5-13(2)12-18/h6-9,13,16H,3-5,10-12,17H2,1-2H3. The smallest absolute Gasteiger partial charge is 0.0470 e. The highest BCUT2D eigenvalue weighted by atomic mass is 15.2. The Morgan fingerprint density at radius 1 is 1.33 bits per heavy atom. The van der Waals surface area contributed by atoms with Crippen LogP contribution >= 0.6 is 0 Å². The van der Waals surface area contributed by atoms with Gasteiger partial charge in [-0.1, -0.05) is 38.1 Å². The molecule has 0 bridgehead atoms. The minimum absolute atomic E-state index is 0.402. The zero-order valence-corrected chi connectivity index (χ0v) is 11.7. The highest BCUT2D eigenvalue weighted by Crippen LogP contribution is 2.26. The minimum atomic E-state index is 0.402. The Bertz CT molecular complexity index is 358. The third kappa shape index (κ3) is 3.12. The maximum Gasteiger partial charge on any atom is 0.0470 e. The first-order valence-electron chi connectivity index (χ1n) is 7.27. The second-order valence-electron chi connectivity index (χ2n) is 5.59. The molecule has 1 aromatic rings. The van der Waals surface area contributed by atoms with Crippen LogP contribution in [0.2, 0.25) is 0 Å². The Kier molecular flexibility index (Phi) is 4.79. The van der Waals surface area contributed by atoms with Gasteiger partial charge in [-0.05, 0) is 42.9 Å². The number of nitrogens with zero attached hydrogens (tertiary/aromatic N) is 1. The topological polar surface area (TPSA) is 29.3 Å². The predicted molar refractivity (Wildman–Crippen MR) is 77.6 cm³/mol. The molecular weight excluding hydrogens is 220 g/mol. The molecule has 2 rings (SSSR count). The molecule has 0 aliphatic carbocycles. The van der Waals surface area contributed by atoms with Crippen molar-refractivity contribution in [2.75, 3.05) is 19.6 Å². The van der Waals surface area contributed by atoms with E-state index in [2.05, 4.69) is 43.0 Å². The van der Waals surface area contributed by atoms with Gasteiger partial charge in [0.05, 0.1) is 0 Å². The van der Waals surface area contributed by atoms with E-state index in [1.807, 2.05) is 0 Å². The lowest BCUT2D eigenvalue weighted by Crippen LogP contribution is -2.40. The fraction of sp³-hybridized carbons (Fsp3) is 0.625. The van der Waals surface area contributed by atoms with Gasteiger partial charge in [0, 0.05) is 19.1 Å². The van der Waals surface area contributed by atoms with Crippen LogP contribution in [0, 0.1) is 5.92 Å². The molecule has 1 fully saturated rings. The SMILES string of the molecule is CCc1ccc(C(CN)N2CCCC(C)C2)cc1. The van der Waals surface area contributed by atoms with Gasteiger partial charge in [0.25, 0.3) is 0 Å². The number of piperidine rings is 1. The molecule has 0 radical (unpaired) electrons. The molecule has 2 heteroatoms. The lowest BCUT2D eigenvalue weighted by Gasteiger charge is -2.37. The highest BCUT2D eigenvalue weighted by Gasteiger charge is 2.23. The second kappa shape index (κ2) is 6.35. The molecule has 1 heterocycles. The Morgan fingerprint density at radius 3 is 2.61 bits per heavy atom. The van der Waals surface area contributed by atoms with E-state index in [1.165, 1.54) is 37.1 Å². The summed E-state index contributed by atoms with van der Waals surface area (Å²) in [6.45, 7) is 7.65. The van der Waals surface area contributed by atoms with Crippen LogP contribution in [-0.2, 0) is 6.42 Å². The lowest BCUT2D eigenvalue weighted by molar-refractivity contribution is 0.133. The summed E-state index contributed by atoms with van der Waals surface area (Å²) >= 11 is 0. The highest BCUT2D eigenvalue weighted by molar-refractivity contribution is 5.25. The number of benzene rings is 1. The first-order chi connectivity index (χ1) is 8.74. The number of aryl methyl sites for hydroxylation is 1. The van der Waals surface area contributed by atoms with Crippen molar-refractivity contribution in [2.45, 2.75) is 39.2 Å². The molecule has 0 saturated carbocycles. The molecule has 0 amide bonds. The molecule has 1 aliphatic rings. The van der Waals surface area contributed by atoms with Crippen molar-refractivity contribution < 1.29 is 0 Å². The summed E-state index contributed by atoms with van der Waals surface area (Å²) < 4.78 is 0. The van der Waals surface area contributed by atoms with Crippen molar-refractivity contribution >= 4 is 0 Å². The summed E-state index contributed by atoms with van der Waals surface area (Å²) in [4.78, 5) is 2.56. The summed E-state index contributed by atoms with van der Waals surface area (Å²) in [5.74, 6) is 0.808. The second-order valence-corrected chi connectivity index (χ2v) is 5.59. The Labute approximate surface area is 111 Å². The van der Waals surface area contributed by atoms with Gasteiger partial charge in [0.1, 0.15) is 0 Å². The molecule has 2 unspecified atom stereocenters. The van der Waals surface area contributed by atoms with Gasteiger partial charge < -0.3 is 5.73 Å². The molecule has 2 N–H and O–H groups in total. The lowest BCUT2D eigenvalue weighted by atomic mass is 9.95. The maximum atomic E-state index is 6.01. The summed E-state index contributed by atoms with van der Waals surface area (Å²) in [6, 6.07) is 9.40. The normalized spacial score (nSPS) is 22.9. The van der Waals surface area contributed by atoms with Crippen molar-refractivity contribution in [3.63, 3.8) is 0 Å². The summed E-state index contributed by atoms with van der Waals surface area (Å²) in [5.41, 5.74) is 8.79. The van der Waals surface area contributed by atoms with Crippen LogP contribution in [0.3, 0.4) is 0 Å². The minimum Gasteiger partial charge on any atom is -0.329 e. The molecule has 1 saturated heterocycles. The number of hydrogen-bond acceptors (Lipinski definition) is 2. The Balaban J connectivity index is 2.11. The average molecular weight is 246 g/mol.